The smallest absolute Gasteiger partial charge is 0.344 e. The van der Waals surface area contributed by atoms with Gasteiger partial charge in [-0.15, -0.1) is 0 Å². The number of amides is 3. The maximum absolute atomic E-state index is 12.6. The summed E-state index contributed by atoms with van der Waals surface area (Å²) >= 11 is 0. The van der Waals surface area contributed by atoms with E-state index in [-0.39, 0.29) is 24.8 Å². The molecular weight excluding hydrogens is 352 g/mol. The summed E-state index contributed by atoms with van der Waals surface area (Å²) in [7, 11) is 0. The molecule has 2 heterocycles. The number of rotatable bonds is 7. The third-order valence-electron chi connectivity index (χ3n) is 4.87. The third kappa shape index (κ3) is 3.94. The van der Waals surface area contributed by atoms with Crippen molar-refractivity contribution < 1.29 is 29.0 Å². The summed E-state index contributed by atoms with van der Waals surface area (Å²) < 4.78 is 5.60. The Kier molecular flexibility index (Phi) is 5.43. The molecule has 0 bridgehead atoms. The molecule has 2 unspecified atom stereocenters. The normalized spacial score (nSPS) is 20.3. The molecular formula is C19H22N2O6. The molecule has 0 aliphatic carbocycles. The molecule has 0 aromatic heterocycles. The number of benzene rings is 1. The molecule has 2 atom stereocenters. The minimum atomic E-state index is -1.02. The van der Waals surface area contributed by atoms with Gasteiger partial charge >= 0.3 is 5.97 Å². The molecule has 3 rings (SSSR count). The van der Waals surface area contributed by atoms with E-state index >= 15 is 0 Å². The topological polar surface area (TPSA) is 113 Å². The predicted octanol–water partition coefficient (Wildman–Crippen LogP) is 1.47. The van der Waals surface area contributed by atoms with Crippen LogP contribution in [0.25, 0.3) is 0 Å². The minimum Gasteiger partial charge on any atom is -0.479 e. The third-order valence-corrected chi connectivity index (χ3v) is 4.87. The number of carboxylic acids is 1. The molecule has 0 saturated carbocycles. The van der Waals surface area contributed by atoms with Crippen molar-refractivity contribution in [2.75, 3.05) is 0 Å². The minimum absolute atomic E-state index is 0.197. The van der Waals surface area contributed by atoms with Crippen LogP contribution < -0.4 is 10.1 Å². The molecule has 1 aromatic rings. The lowest BCUT2D eigenvalue weighted by Crippen LogP contribution is -2.52. The second-order valence-corrected chi connectivity index (χ2v) is 6.81. The van der Waals surface area contributed by atoms with Gasteiger partial charge in [0.25, 0.3) is 5.91 Å². The van der Waals surface area contributed by atoms with Crippen molar-refractivity contribution in [3.8, 4) is 5.75 Å². The highest BCUT2D eigenvalue weighted by Gasteiger charge is 2.39. The van der Waals surface area contributed by atoms with Crippen LogP contribution in [-0.2, 0) is 20.9 Å². The number of carboxylic acid groups (broad SMARTS) is 1. The average Bonchev–Trinajstić information content (AvgIpc) is 2.94. The SMILES string of the molecule is CCCCC(Oc1ccc2c(c1)CN(C1CCC(=O)NC1=O)C2=O)C(=O)O. The van der Waals surface area contributed by atoms with Crippen LogP contribution in [0.4, 0.5) is 0 Å². The van der Waals surface area contributed by atoms with E-state index in [4.69, 9.17) is 4.74 Å². The number of unbranched alkanes of at least 4 members (excludes halogenated alkanes) is 1. The molecule has 1 saturated heterocycles. The first-order valence-electron chi connectivity index (χ1n) is 9.07. The van der Waals surface area contributed by atoms with E-state index in [1.54, 1.807) is 18.2 Å². The Morgan fingerprint density at radius 3 is 2.81 bits per heavy atom. The van der Waals surface area contributed by atoms with Crippen molar-refractivity contribution in [2.45, 2.75) is 57.7 Å². The molecule has 27 heavy (non-hydrogen) atoms. The highest BCUT2D eigenvalue weighted by Crippen LogP contribution is 2.30. The van der Waals surface area contributed by atoms with Crippen molar-refractivity contribution in [2.24, 2.45) is 0 Å². The Bertz CT molecular complexity index is 790. The molecule has 8 heteroatoms. The molecule has 1 fully saturated rings. The number of carbonyl (C=O) groups excluding carboxylic acids is 3. The number of nitrogens with zero attached hydrogens (tertiary/aromatic N) is 1. The van der Waals surface area contributed by atoms with Gasteiger partial charge in [-0.2, -0.15) is 0 Å². The van der Waals surface area contributed by atoms with E-state index in [0.717, 1.165) is 12.8 Å². The second kappa shape index (κ2) is 7.77. The summed E-state index contributed by atoms with van der Waals surface area (Å²) in [6, 6.07) is 4.15. The summed E-state index contributed by atoms with van der Waals surface area (Å²) in [6.07, 6.45) is 1.57. The molecule has 0 radical (unpaired) electrons. The van der Waals surface area contributed by atoms with Crippen molar-refractivity contribution >= 4 is 23.7 Å². The summed E-state index contributed by atoms with van der Waals surface area (Å²) in [5.74, 6) is -1.70. The maximum atomic E-state index is 12.6. The number of hydrogen-bond acceptors (Lipinski definition) is 5. The van der Waals surface area contributed by atoms with Gasteiger partial charge in [-0.05, 0) is 43.0 Å². The van der Waals surface area contributed by atoms with Crippen LogP contribution in [0.15, 0.2) is 18.2 Å². The first kappa shape index (κ1) is 18.9. The largest absolute Gasteiger partial charge is 0.479 e. The number of fused-ring (bicyclic) bond motifs is 1. The number of ether oxygens (including phenoxy) is 1. The average molecular weight is 374 g/mol. The lowest BCUT2D eigenvalue weighted by molar-refractivity contribution is -0.145. The number of nitrogens with one attached hydrogen (secondary N) is 1. The monoisotopic (exact) mass is 374 g/mol. The lowest BCUT2D eigenvalue weighted by atomic mass is 10.0. The maximum Gasteiger partial charge on any atom is 0.344 e. The Balaban J connectivity index is 1.74. The zero-order chi connectivity index (χ0) is 19.6. The van der Waals surface area contributed by atoms with Gasteiger partial charge in [-0.3, -0.25) is 19.7 Å². The highest BCUT2D eigenvalue weighted by molar-refractivity contribution is 6.05. The number of aliphatic carboxylic acids is 1. The summed E-state index contributed by atoms with van der Waals surface area (Å²) in [6.45, 7) is 2.20. The van der Waals surface area contributed by atoms with E-state index in [1.807, 2.05) is 6.92 Å². The summed E-state index contributed by atoms with van der Waals surface area (Å²) in [5.41, 5.74) is 1.15. The molecule has 144 valence electrons. The van der Waals surface area contributed by atoms with Gasteiger partial charge in [0.15, 0.2) is 6.10 Å². The van der Waals surface area contributed by atoms with Gasteiger partial charge in [0.05, 0.1) is 0 Å². The van der Waals surface area contributed by atoms with Gasteiger partial charge in [0.2, 0.25) is 11.8 Å². The molecule has 3 amide bonds. The molecule has 2 aliphatic rings. The lowest BCUT2D eigenvalue weighted by Gasteiger charge is -2.29. The fourth-order valence-electron chi connectivity index (χ4n) is 3.41. The van der Waals surface area contributed by atoms with Gasteiger partial charge < -0.3 is 14.7 Å². The Labute approximate surface area is 156 Å². The number of carbonyl (C=O) groups is 4. The fraction of sp³-hybridized carbons (Fsp3) is 0.474. The van der Waals surface area contributed by atoms with E-state index < -0.39 is 24.0 Å². The standard InChI is InChI=1S/C19H22N2O6/c1-2-3-4-15(19(25)26)27-12-5-6-13-11(9-12)10-21(18(13)24)14-7-8-16(22)20-17(14)23/h5-6,9,14-15H,2-4,7-8,10H2,1H3,(H,25,26)(H,20,22,23). The number of hydrogen-bond donors (Lipinski definition) is 2. The van der Waals surface area contributed by atoms with Crippen LogP contribution in [0.5, 0.6) is 5.75 Å². The quantitative estimate of drug-likeness (QED) is 0.699. The summed E-state index contributed by atoms with van der Waals surface area (Å²) in [5, 5.41) is 11.6. The Morgan fingerprint density at radius 1 is 1.37 bits per heavy atom. The highest BCUT2D eigenvalue weighted by atomic mass is 16.5. The van der Waals surface area contributed by atoms with Crippen LogP contribution in [-0.4, -0.2) is 45.8 Å². The number of imide groups is 1. The predicted molar refractivity (Wildman–Crippen MR) is 94.1 cm³/mol. The zero-order valence-electron chi connectivity index (χ0n) is 15.1. The zero-order valence-corrected chi connectivity index (χ0v) is 15.1. The number of piperidine rings is 1. The van der Waals surface area contributed by atoms with E-state index in [2.05, 4.69) is 5.32 Å². The van der Waals surface area contributed by atoms with Crippen LogP contribution in [0.2, 0.25) is 0 Å². The van der Waals surface area contributed by atoms with Gasteiger partial charge in [0.1, 0.15) is 11.8 Å². The molecule has 2 N–H and O–H groups in total. The fourth-order valence-corrected chi connectivity index (χ4v) is 3.41. The van der Waals surface area contributed by atoms with Crippen molar-refractivity contribution in [1.29, 1.82) is 0 Å². The summed E-state index contributed by atoms with van der Waals surface area (Å²) in [4.78, 5) is 48.8. The van der Waals surface area contributed by atoms with Crippen molar-refractivity contribution in [3.05, 3.63) is 29.3 Å². The van der Waals surface area contributed by atoms with E-state index in [1.165, 1.54) is 4.90 Å². The van der Waals surface area contributed by atoms with Gasteiger partial charge in [0, 0.05) is 18.5 Å². The Morgan fingerprint density at radius 2 is 2.15 bits per heavy atom. The Hall–Kier alpha value is -2.90. The second-order valence-electron chi connectivity index (χ2n) is 6.81. The van der Waals surface area contributed by atoms with Crippen LogP contribution >= 0.6 is 0 Å². The first-order chi connectivity index (χ1) is 12.9. The van der Waals surface area contributed by atoms with Crippen molar-refractivity contribution in [3.63, 3.8) is 0 Å². The van der Waals surface area contributed by atoms with Gasteiger partial charge in [-0.1, -0.05) is 13.3 Å². The first-order valence-corrected chi connectivity index (χ1v) is 9.07. The van der Waals surface area contributed by atoms with Crippen LogP contribution in [0.3, 0.4) is 0 Å². The van der Waals surface area contributed by atoms with Crippen LogP contribution in [0, 0.1) is 0 Å². The van der Waals surface area contributed by atoms with E-state index in [9.17, 15) is 24.3 Å². The molecule has 0 spiro atoms. The van der Waals surface area contributed by atoms with Gasteiger partial charge in [-0.25, -0.2) is 4.79 Å². The molecule has 8 nitrogen and oxygen atoms in total. The van der Waals surface area contributed by atoms with Crippen LogP contribution in [0.1, 0.15) is 54.9 Å². The molecule has 2 aliphatic heterocycles. The molecule has 1 aromatic carbocycles. The van der Waals surface area contributed by atoms with E-state index in [0.29, 0.717) is 29.7 Å². The van der Waals surface area contributed by atoms with Crippen molar-refractivity contribution in [1.82, 2.24) is 10.2 Å².